The molecular formula is C27H44N4O4. The van der Waals surface area contributed by atoms with E-state index in [2.05, 4.69) is 18.9 Å². The van der Waals surface area contributed by atoms with E-state index in [1.807, 2.05) is 58.9 Å². The number of carbonyl (C=O) groups is 1. The average Bonchev–Trinajstić information content (AvgIpc) is 2.96. The fourth-order valence-electron chi connectivity index (χ4n) is 6.22. The van der Waals surface area contributed by atoms with Crippen LogP contribution in [0.1, 0.15) is 80.6 Å². The Bertz CT molecular complexity index is 882. The summed E-state index contributed by atoms with van der Waals surface area (Å²) in [5.41, 5.74) is -3.02. The van der Waals surface area contributed by atoms with Crippen molar-refractivity contribution < 1.29 is 14.5 Å². The maximum atomic E-state index is 13.3. The minimum Gasteiger partial charge on any atom is -0.442 e. The second kappa shape index (κ2) is 10.0. The Hall–Kier alpha value is -2.22. The third-order valence-corrected chi connectivity index (χ3v) is 8.63. The number of nitrogens with zero attached hydrogens (tertiary/aromatic N) is 4. The third-order valence-electron chi connectivity index (χ3n) is 8.63. The minimum atomic E-state index is -1.57. The van der Waals surface area contributed by atoms with E-state index >= 15 is 0 Å². The fraction of sp³-hybridized carbons (Fsp3) is 0.778. The summed E-state index contributed by atoms with van der Waals surface area (Å²) in [6.45, 7) is 13.8. The summed E-state index contributed by atoms with van der Waals surface area (Å²) in [6.07, 6.45) is 13.6. The van der Waals surface area contributed by atoms with Crippen LogP contribution in [0.25, 0.3) is 0 Å². The molecule has 1 saturated heterocycles. The lowest BCUT2D eigenvalue weighted by molar-refractivity contribution is -0.588. The molecule has 196 valence electrons. The molecule has 3 aliphatic rings. The van der Waals surface area contributed by atoms with Crippen LogP contribution in [0.4, 0.5) is 4.79 Å². The number of hydrogen-bond donors (Lipinski definition) is 0. The maximum absolute atomic E-state index is 13.3. The van der Waals surface area contributed by atoms with Crippen LogP contribution < -0.4 is 0 Å². The predicted molar refractivity (Wildman–Crippen MR) is 139 cm³/mol. The monoisotopic (exact) mass is 488 g/mol. The molecule has 35 heavy (non-hydrogen) atoms. The molecule has 4 atom stereocenters. The highest BCUT2D eigenvalue weighted by Gasteiger charge is 2.69. The molecule has 0 radical (unpaired) electrons. The van der Waals surface area contributed by atoms with Gasteiger partial charge in [-0.1, -0.05) is 58.4 Å². The SMILES string of the molecule is CCC(C)C1CCC(N(/N=C/C2([N+](=O)[O-])N(C)C3C=CC=CC3C2(C)C)C(=O)OC(C)(C)C)CC1. The summed E-state index contributed by atoms with van der Waals surface area (Å²) in [6, 6.07) is -0.255. The number of hydrogen-bond acceptors (Lipinski definition) is 6. The van der Waals surface area contributed by atoms with E-state index in [-0.39, 0.29) is 22.9 Å². The molecule has 4 unspecified atom stereocenters. The van der Waals surface area contributed by atoms with Gasteiger partial charge in [0.1, 0.15) is 11.8 Å². The molecule has 0 N–H and O–H groups in total. The highest BCUT2D eigenvalue weighted by atomic mass is 16.6. The zero-order valence-electron chi connectivity index (χ0n) is 22.7. The van der Waals surface area contributed by atoms with Gasteiger partial charge in [-0.15, -0.1) is 0 Å². The summed E-state index contributed by atoms with van der Waals surface area (Å²) < 4.78 is 5.70. The van der Waals surface area contributed by atoms with Crippen LogP contribution in [-0.2, 0) is 4.74 Å². The largest absolute Gasteiger partial charge is 0.442 e. The van der Waals surface area contributed by atoms with E-state index in [0.29, 0.717) is 11.8 Å². The number of ether oxygens (including phenoxy) is 1. The van der Waals surface area contributed by atoms with Crippen LogP contribution in [0.15, 0.2) is 29.4 Å². The van der Waals surface area contributed by atoms with E-state index in [9.17, 15) is 14.9 Å². The van der Waals surface area contributed by atoms with Gasteiger partial charge < -0.3 is 4.74 Å². The zero-order chi connectivity index (χ0) is 26.2. The number of likely N-dealkylation sites (tertiary alicyclic amines) is 1. The Kier molecular flexibility index (Phi) is 7.85. The van der Waals surface area contributed by atoms with E-state index in [4.69, 9.17) is 4.74 Å². The summed E-state index contributed by atoms with van der Waals surface area (Å²) >= 11 is 0. The molecule has 2 aliphatic carbocycles. The zero-order valence-corrected chi connectivity index (χ0v) is 22.7. The van der Waals surface area contributed by atoms with Gasteiger partial charge in [-0.25, -0.2) is 9.69 Å². The first kappa shape index (κ1) is 27.4. The molecule has 1 saturated carbocycles. The van der Waals surface area contributed by atoms with Gasteiger partial charge in [0.15, 0.2) is 0 Å². The average molecular weight is 489 g/mol. The quantitative estimate of drug-likeness (QED) is 0.265. The van der Waals surface area contributed by atoms with Gasteiger partial charge >= 0.3 is 11.8 Å². The number of amides is 1. The minimum absolute atomic E-state index is 0.0460. The Labute approximate surface area is 210 Å². The molecular weight excluding hydrogens is 444 g/mol. The van der Waals surface area contributed by atoms with Crippen molar-refractivity contribution in [2.24, 2.45) is 28.3 Å². The van der Waals surface area contributed by atoms with Crippen LogP contribution >= 0.6 is 0 Å². The van der Waals surface area contributed by atoms with Crippen LogP contribution in [0.5, 0.6) is 0 Å². The van der Waals surface area contributed by atoms with Gasteiger partial charge in [-0.3, -0.25) is 10.1 Å². The molecule has 0 bridgehead atoms. The summed E-state index contributed by atoms with van der Waals surface area (Å²) in [5, 5.41) is 18.7. The number of allylic oxidation sites excluding steroid dienone is 2. The maximum Gasteiger partial charge on any atom is 0.431 e. The van der Waals surface area contributed by atoms with Crippen molar-refractivity contribution in [3.05, 3.63) is 34.4 Å². The van der Waals surface area contributed by atoms with Gasteiger partial charge in [0.2, 0.25) is 0 Å². The smallest absolute Gasteiger partial charge is 0.431 e. The van der Waals surface area contributed by atoms with Gasteiger partial charge in [0.25, 0.3) is 0 Å². The van der Waals surface area contributed by atoms with Gasteiger partial charge in [0, 0.05) is 16.9 Å². The fourth-order valence-corrected chi connectivity index (χ4v) is 6.22. The van der Waals surface area contributed by atoms with E-state index in [1.165, 1.54) is 11.2 Å². The number of nitro groups is 1. The Morgan fingerprint density at radius 2 is 1.86 bits per heavy atom. The van der Waals surface area contributed by atoms with Crippen molar-refractivity contribution in [3.8, 4) is 0 Å². The molecule has 1 heterocycles. The van der Waals surface area contributed by atoms with Crippen molar-refractivity contribution >= 4 is 12.3 Å². The van der Waals surface area contributed by atoms with Gasteiger partial charge in [0.05, 0.1) is 11.5 Å². The lowest BCUT2D eigenvalue weighted by Crippen LogP contribution is -2.59. The molecule has 0 aromatic rings. The first-order valence-electron chi connectivity index (χ1n) is 13.1. The number of rotatable bonds is 6. The van der Waals surface area contributed by atoms with E-state index in [0.717, 1.165) is 32.1 Å². The first-order chi connectivity index (χ1) is 16.3. The third kappa shape index (κ3) is 5.04. The van der Waals surface area contributed by atoms with Crippen LogP contribution in [0.3, 0.4) is 0 Å². The molecule has 8 nitrogen and oxygen atoms in total. The molecule has 1 amide bonds. The number of fused-ring (bicyclic) bond motifs is 1. The Balaban J connectivity index is 1.96. The molecule has 3 rings (SSSR count). The summed E-state index contributed by atoms with van der Waals surface area (Å²) in [7, 11) is 1.78. The molecule has 1 aliphatic heterocycles. The standard InChI is InChI=1S/C27H44N4O4/c1-9-19(2)20-14-16-21(17-15-20)30(24(32)35-25(3,4)5)28-18-27(31(33)34)26(6,7)22-12-10-11-13-23(22)29(27)8/h10-13,18-23H,9,14-17H2,1-8H3/b28-18+. The Morgan fingerprint density at radius 3 is 2.37 bits per heavy atom. The molecule has 8 heteroatoms. The van der Waals surface area contributed by atoms with Gasteiger partial charge in [-0.2, -0.15) is 10.1 Å². The highest BCUT2D eigenvalue weighted by Crippen LogP contribution is 2.53. The number of likely N-dealkylation sites (N-methyl/N-ethyl adjacent to an activating group) is 1. The molecule has 0 aromatic carbocycles. The van der Waals surface area contributed by atoms with Gasteiger partial charge in [-0.05, 0) is 65.3 Å². The molecule has 2 fully saturated rings. The second-order valence-corrected chi connectivity index (χ2v) is 12.1. The summed E-state index contributed by atoms with van der Waals surface area (Å²) in [5.74, 6) is 1.23. The van der Waals surface area contributed by atoms with Crippen LogP contribution in [0, 0.1) is 33.3 Å². The van der Waals surface area contributed by atoms with Crippen LogP contribution in [-0.4, -0.2) is 57.5 Å². The number of carbonyl (C=O) groups excluding carboxylic acids is 1. The van der Waals surface area contributed by atoms with Crippen LogP contribution in [0.2, 0.25) is 0 Å². The Morgan fingerprint density at radius 1 is 1.26 bits per heavy atom. The van der Waals surface area contributed by atoms with E-state index < -0.39 is 22.8 Å². The van der Waals surface area contributed by atoms with Crippen molar-refractivity contribution in [2.45, 2.75) is 104 Å². The van der Waals surface area contributed by atoms with Crippen molar-refractivity contribution in [2.75, 3.05) is 7.05 Å². The first-order valence-corrected chi connectivity index (χ1v) is 13.1. The van der Waals surface area contributed by atoms with Crippen molar-refractivity contribution in [1.29, 1.82) is 0 Å². The second-order valence-electron chi connectivity index (χ2n) is 12.1. The highest BCUT2D eigenvalue weighted by molar-refractivity contribution is 5.74. The molecule has 0 spiro atoms. The van der Waals surface area contributed by atoms with E-state index in [1.54, 1.807) is 11.9 Å². The normalized spacial score (nSPS) is 33.5. The number of hydrazone groups is 1. The molecule has 0 aromatic heterocycles. The van der Waals surface area contributed by atoms with Crippen molar-refractivity contribution in [1.82, 2.24) is 9.91 Å². The summed E-state index contributed by atoms with van der Waals surface area (Å²) in [4.78, 5) is 27.5. The predicted octanol–water partition coefficient (Wildman–Crippen LogP) is 5.87. The topological polar surface area (TPSA) is 88.3 Å². The van der Waals surface area contributed by atoms with Crippen molar-refractivity contribution in [3.63, 3.8) is 0 Å². The lowest BCUT2D eigenvalue weighted by atomic mass is 9.70. The lowest BCUT2D eigenvalue weighted by Gasteiger charge is -2.38.